The molecule has 2 aromatic heterocycles. The number of phenolic OH excluding ortho intramolecular Hbond substituents is 1. The molecule has 0 amide bonds. The highest BCUT2D eigenvalue weighted by atomic mass is 19.1. The van der Waals surface area contributed by atoms with Crippen molar-refractivity contribution in [2.45, 2.75) is 70.1 Å². The molecule has 1 aromatic carbocycles. The van der Waals surface area contributed by atoms with Crippen LogP contribution >= 0.6 is 0 Å². The zero-order valence-electron chi connectivity index (χ0n) is 22.1. The fraction of sp³-hybridized carbons (Fsp3) is 0.517. The van der Waals surface area contributed by atoms with E-state index in [1.54, 1.807) is 37.7 Å². The number of ether oxygens (including phenoxy) is 2. The quantitative estimate of drug-likeness (QED) is 0.431. The van der Waals surface area contributed by atoms with Gasteiger partial charge in [-0.15, -0.1) is 10.2 Å². The van der Waals surface area contributed by atoms with Crippen LogP contribution in [0.15, 0.2) is 36.7 Å². The van der Waals surface area contributed by atoms with Crippen molar-refractivity contribution in [3.05, 3.63) is 36.7 Å². The van der Waals surface area contributed by atoms with Crippen LogP contribution in [-0.2, 0) is 0 Å². The Kier molecular flexibility index (Phi) is 6.32. The number of alkyl halides is 1. The maximum absolute atomic E-state index is 15.9. The number of halogens is 1. The number of hydrogen-bond donors (Lipinski definition) is 1. The molecule has 200 valence electrons. The summed E-state index contributed by atoms with van der Waals surface area (Å²) in [6.45, 7) is 2.12. The molecule has 3 fully saturated rings. The van der Waals surface area contributed by atoms with Gasteiger partial charge in [-0.05, 0) is 61.8 Å². The Morgan fingerprint density at radius 1 is 1.03 bits per heavy atom. The second-order valence-electron chi connectivity index (χ2n) is 11.3. The lowest BCUT2D eigenvalue weighted by atomic mass is 9.60. The highest BCUT2D eigenvalue weighted by Crippen LogP contribution is 2.52. The Hall–Kier alpha value is -3.49. The van der Waals surface area contributed by atoms with Crippen LogP contribution in [0.5, 0.6) is 17.4 Å². The second kappa shape index (κ2) is 9.67. The average Bonchev–Trinajstić information content (AvgIpc) is 3.77. The fourth-order valence-corrected chi connectivity index (χ4v) is 6.57. The van der Waals surface area contributed by atoms with Crippen LogP contribution in [0.2, 0.25) is 0 Å². The Morgan fingerprint density at radius 2 is 1.87 bits per heavy atom. The Bertz CT molecular complexity index is 1320. The lowest BCUT2D eigenvalue weighted by Gasteiger charge is -2.52. The third-order valence-electron chi connectivity index (χ3n) is 8.61. The molecule has 0 spiro atoms. The van der Waals surface area contributed by atoms with E-state index >= 15 is 4.39 Å². The number of rotatable bonds is 7. The summed E-state index contributed by atoms with van der Waals surface area (Å²) in [5, 5.41) is 19.7. The molecular weight excluding hydrogens is 485 g/mol. The lowest BCUT2D eigenvalue weighted by molar-refractivity contribution is -0.0125. The first-order valence-corrected chi connectivity index (χ1v) is 13.4. The Balaban J connectivity index is 1.25. The predicted molar refractivity (Wildman–Crippen MR) is 142 cm³/mol. The van der Waals surface area contributed by atoms with E-state index in [4.69, 9.17) is 9.47 Å². The van der Waals surface area contributed by atoms with Gasteiger partial charge in [-0.2, -0.15) is 0 Å². The third-order valence-corrected chi connectivity index (χ3v) is 8.61. The molecule has 38 heavy (non-hydrogen) atoms. The molecule has 3 saturated carbocycles. The number of methoxy groups -OCH3 is 2. The van der Waals surface area contributed by atoms with Gasteiger partial charge in [-0.25, -0.2) is 14.4 Å². The van der Waals surface area contributed by atoms with Gasteiger partial charge < -0.3 is 19.5 Å². The summed E-state index contributed by atoms with van der Waals surface area (Å²) in [5.74, 6) is 2.44. The SMILES string of the molecule is COc1cc(-c2ccc(-c3ncc(N(C4CC4)[C@@H]4C[C@H]5CCC[C@](C)(C5)[C@@H]4F)nn3)c(O)c2)cnc1OC. The van der Waals surface area contributed by atoms with Crippen molar-refractivity contribution >= 4 is 5.82 Å². The molecule has 3 aliphatic carbocycles. The van der Waals surface area contributed by atoms with Gasteiger partial charge >= 0.3 is 0 Å². The number of aromatic hydroxyl groups is 1. The highest BCUT2D eigenvalue weighted by molar-refractivity contribution is 5.73. The summed E-state index contributed by atoms with van der Waals surface area (Å²) in [5.41, 5.74) is 1.75. The number of hydrogen-bond acceptors (Lipinski definition) is 8. The first-order valence-electron chi connectivity index (χ1n) is 13.4. The zero-order chi connectivity index (χ0) is 26.4. The molecule has 6 rings (SSSR count). The molecule has 0 aliphatic heterocycles. The minimum atomic E-state index is -0.885. The van der Waals surface area contributed by atoms with Gasteiger partial charge in [-0.1, -0.05) is 25.8 Å². The standard InChI is InChI=1S/C29H34FN5O3/c1-29-10-4-5-17(14-29)11-22(26(29)30)35(20-7-8-20)25-16-31-27(34-33-25)21-9-6-18(12-23(21)36)19-13-24(37-2)28(38-3)32-15-19/h6,9,12-13,15-17,20,22,26,36H,4-5,7-8,10-11,14H2,1-3H3/t17-,22-,26-,29-/m1/s1. The third kappa shape index (κ3) is 4.41. The van der Waals surface area contributed by atoms with Crippen LogP contribution in [0.25, 0.3) is 22.5 Å². The zero-order valence-corrected chi connectivity index (χ0v) is 22.1. The van der Waals surface area contributed by atoms with Gasteiger partial charge in [0.1, 0.15) is 11.9 Å². The molecule has 8 nitrogen and oxygen atoms in total. The molecule has 2 heterocycles. The monoisotopic (exact) mass is 519 g/mol. The van der Waals surface area contributed by atoms with Gasteiger partial charge in [0.25, 0.3) is 5.88 Å². The van der Waals surface area contributed by atoms with E-state index in [0.717, 1.165) is 49.7 Å². The van der Waals surface area contributed by atoms with Crippen LogP contribution in [0.3, 0.4) is 0 Å². The van der Waals surface area contributed by atoms with Crippen molar-refractivity contribution in [2.75, 3.05) is 19.1 Å². The minimum Gasteiger partial charge on any atom is -0.507 e. The van der Waals surface area contributed by atoms with Crippen molar-refractivity contribution in [3.8, 4) is 39.9 Å². The summed E-state index contributed by atoms with van der Waals surface area (Å²) in [7, 11) is 3.08. The van der Waals surface area contributed by atoms with Crippen molar-refractivity contribution in [3.63, 3.8) is 0 Å². The summed E-state index contributed by atoms with van der Waals surface area (Å²) in [6.07, 6.45) is 9.67. The van der Waals surface area contributed by atoms with Crippen molar-refractivity contribution in [2.24, 2.45) is 11.3 Å². The van der Waals surface area contributed by atoms with Crippen molar-refractivity contribution in [1.29, 1.82) is 0 Å². The van der Waals surface area contributed by atoms with Crippen molar-refractivity contribution in [1.82, 2.24) is 20.2 Å². The molecule has 3 aromatic rings. The number of fused-ring (bicyclic) bond motifs is 2. The molecule has 1 N–H and O–H groups in total. The smallest absolute Gasteiger partial charge is 0.256 e. The van der Waals surface area contributed by atoms with Gasteiger partial charge in [0.15, 0.2) is 17.4 Å². The van der Waals surface area contributed by atoms with Gasteiger partial charge in [0, 0.05) is 23.2 Å². The topological polar surface area (TPSA) is 93.5 Å². The van der Waals surface area contributed by atoms with Crippen LogP contribution in [-0.4, -0.2) is 57.7 Å². The predicted octanol–water partition coefficient (Wildman–Crippen LogP) is 5.60. The van der Waals surface area contributed by atoms with E-state index < -0.39 is 6.17 Å². The van der Waals surface area contributed by atoms with E-state index in [1.165, 1.54) is 13.5 Å². The molecule has 0 radical (unpaired) electrons. The first-order chi connectivity index (χ1) is 18.4. The number of pyridine rings is 1. The van der Waals surface area contributed by atoms with Crippen LogP contribution in [0, 0.1) is 11.3 Å². The van der Waals surface area contributed by atoms with Crippen molar-refractivity contribution < 1.29 is 19.0 Å². The molecule has 0 unspecified atom stereocenters. The van der Waals surface area contributed by atoms with Crippen LogP contribution in [0.4, 0.5) is 10.2 Å². The molecule has 4 atom stereocenters. The summed E-state index contributed by atoms with van der Waals surface area (Å²) in [6, 6.07) is 7.18. The molecule has 9 heteroatoms. The molecule has 2 bridgehead atoms. The van der Waals surface area contributed by atoms with E-state index in [2.05, 4.69) is 32.0 Å². The molecule has 3 aliphatic rings. The number of anilines is 1. The maximum Gasteiger partial charge on any atom is 0.256 e. The van der Waals surface area contributed by atoms with E-state index in [1.807, 2.05) is 6.07 Å². The van der Waals surface area contributed by atoms with Crippen LogP contribution < -0.4 is 14.4 Å². The van der Waals surface area contributed by atoms with Gasteiger partial charge in [-0.3, -0.25) is 0 Å². The van der Waals surface area contributed by atoms with Crippen LogP contribution in [0.1, 0.15) is 51.9 Å². The second-order valence-corrected chi connectivity index (χ2v) is 11.3. The number of phenols is 1. The normalized spacial score (nSPS) is 26.6. The van der Waals surface area contributed by atoms with Gasteiger partial charge in [0.2, 0.25) is 0 Å². The fourth-order valence-electron chi connectivity index (χ4n) is 6.57. The first kappa shape index (κ1) is 24.8. The number of nitrogens with zero attached hydrogens (tertiary/aromatic N) is 5. The van der Waals surface area contributed by atoms with E-state index in [-0.39, 0.29) is 17.2 Å². The van der Waals surface area contributed by atoms with Gasteiger partial charge in [0.05, 0.1) is 32.0 Å². The molecule has 0 saturated heterocycles. The Labute approximate surface area is 222 Å². The summed E-state index contributed by atoms with van der Waals surface area (Å²) in [4.78, 5) is 11.0. The van der Waals surface area contributed by atoms with E-state index in [9.17, 15) is 5.11 Å². The number of aromatic nitrogens is 4. The van der Waals surface area contributed by atoms with E-state index in [0.29, 0.717) is 40.8 Å². The summed E-state index contributed by atoms with van der Waals surface area (Å²) >= 11 is 0. The summed E-state index contributed by atoms with van der Waals surface area (Å²) < 4.78 is 26.5. The molecular formula is C29H34FN5O3. The average molecular weight is 520 g/mol. The minimum absolute atomic E-state index is 0.0303. The number of benzene rings is 1. The Morgan fingerprint density at radius 3 is 2.55 bits per heavy atom. The highest BCUT2D eigenvalue weighted by Gasteiger charge is 2.52. The lowest BCUT2D eigenvalue weighted by Crippen LogP contribution is -2.56. The largest absolute Gasteiger partial charge is 0.507 e. The maximum atomic E-state index is 15.9.